The highest BCUT2D eigenvalue weighted by atomic mass is 16.5. The molecule has 4 heteroatoms. The van der Waals surface area contributed by atoms with Crippen LogP contribution in [0.15, 0.2) is 42.5 Å². The fourth-order valence-electron chi connectivity index (χ4n) is 2.87. The summed E-state index contributed by atoms with van der Waals surface area (Å²) in [5.74, 6) is 1.44. The quantitative estimate of drug-likeness (QED) is 0.728. The Kier molecular flexibility index (Phi) is 6.89. The number of hydrogen-bond acceptors (Lipinski definition) is 3. The van der Waals surface area contributed by atoms with Crippen molar-refractivity contribution in [3.05, 3.63) is 59.2 Å². The number of benzene rings is 2. The maximum Gasteiger partial charge on any atom is 0.260 e. The summed E-state index contributed by atoms with van der Waals surface area (Å²) < 4.78 is 11.7. The van der Waals surface area contributed by atoms with E-state index in [1.54, 1.807) is 6.92 Å². The van der Waals surface area contributed by atoms with Gasteiger partial charge in [-0.15, -0.1) is 0 Å². The third-order valence-corrected chi connectivity index (χ3v) is 4.36. The van der Waals surface area contributed by atoms with Crippen LogP contribution >= 0.6 is 0 Å². The monoisotopic (exact) mass is 369 g/mol. The first-order valence-electron chi connectivity index (χ1n) is 9.42. The minimum atomic E-state index is -0.562. The van der Waals surface area contributed by atoms with Crippen molar-refractivity contribution in [2.45, 2.75) is 53.1 Å². The van der Waals surface area contributed by atoms with Gasteiger partial charge in [-0.05, 0) is 49.4 Å². The predicted octanol–water partition coefficient (Wildman–Crippen LogP) is 4.56. The van der Waals surface area contributed by atoms with Crippen LogP contribution in [0.4, 0.5) is 0 Å². The molecule has 0 unspecified atom stereocenters. The number of para-hydroxylation sites is 1. The van der Waals surface area contributed by atoms with E-state index in [9.17, 15) is 4.79 Å². The molecule has 0 heterocycles. The van der Waals surface area contributed by atoms with Crippen molar-refractivity contribution in [3.8, 4) is 11.5 Å². The molecule has 0 aliphatic rings. The van der Waals surface area contributed by atoms with E-state index >= 15 is 0 Å². The van der Waals surface area contributed by atoms with E-state index < -0.39 is 6.10 Å². The summed E-state index contributed by atoms with van der Waals surface area (Å²) in [6, 6.07) is 13.9. The van der Waals surface area contributed by atoms with Gasteiger partial charge >= 0.3 is 0 Å². The zero-order valence-corrected chi connectivity index (χ0v) is 17.3. The van der Waals surface area contributed by atoms with Gasteiger partial charge in [0, 0.05) is 0 Å². The van der Waals surface area contributed by atoms with E-state index in [1.165, 1.54) is 5.56 Å². The largest absolute Gasteiger partial charge is 0.491 e. The Morgan fingerprint density at radius 3 is 2.44 bits per heavy atom. The van der Waals surface area contributed by atoms with Crippen LogP contribution in [-0.2, 0) is 10.2 Å². The van der Waals surface area contributed by atoms with Crippen LogP contribution < -0.4 is 14.8 Å². The number of aryl methyl sites for hydroxylation is 2. The van der Waals surface area contributed by atoms with E-state index in [0.717, 1.165) is 22.6 Å². The number of rotatable bonds is 7. The lowest BCUT2D eigenvalue weighted by atomic mass is 9.86. The van der Waals surface area contributed by atoms with Crippen LogP contribution in [0.5, 0.6) is 11.5 Å². The van der Waals surface area contributed by atoms with Gasteiger partial charge in [-0.3, -0.25) is 4.79 Å². The summed E-state index contributed by atoms with van der Waals surface area (Å²) >= 11 is 0. The molecule has 1 amide bonds. The van der Waals surface area contributed by atoms with Crippen LogP contribution in [-0.4, -0.2) is 25.2 Å². The van der Waals surface area contributed by atoms with Crippen molar-refractivity contribution >= 4 is 5.91 Å². The van der Waals surface area contributed by atoms with E-state index in [1.807, 2.05) is 50.2 Å². The highest BCUT2D eigenvalue weighted by molar-refractivity contribution is 5.80. The van der Waals surface area contributed by atoms with Gasteiger partial charge in [-0.1, -0.05) is 56.7 Å². The van der Waals surface area contributed by atoms with E-state index in [4.69, 9.17) is 9.47 Å². The molecule has 0 saturated carbocycles. The van der Waals surface area contributed by atoms with Gasteiger partial charge in [0.25, 0.3) is 5.91 Å². The van der Waals surface area contributed by atoms with Crippen molar-refractivity contribution in [3.63, 3.8) is 0 Å². The van der Waals surface area contributed by atoms with E-state index in [0.29, 0.717) is 13.2 Å². The summed E-state index contributed by atoms with van der Waals surface area (Å²) in [6.07, 6.45) is -0.562. The number of ether oxygens (including phenoxy) is 2. The van der Waals surface area contributed by atoms with Gasteiger partial charge in [-0.2, -0.15) is 0 Å². The molecule has 2 aromatic rings. The Morgan fingerprint density at radius 2 is 1.78 bits per heavy atom. The van der Waals surface area contributed by atoms with Crippen molar-refractivity contribution in [2.24, 2.45) is 0 Å². The molecule has 2 aromatic carbocycles. The molecule has 0 aliphatic heterocycles. The zero-order chi connectivity index (χ0) is 20.0. The summed E-state index contributed by atoms with van der Waals surface area (Å²) in [6.45, 7) is 13.1. The lowest BCUT2D eigenvalue weighted by Crippen LogP contribution is -2.38. The third kappa shape index (κ3) is 6.02. The van der Waals surface area contributed by atoms with Gasteiger partial charge in [0.1, 0.15) is 18.1 Å². The molecule has 0 spiro atoms. The molecule has 1 N–H and O–H groups in total. The molecule has 4 nitrogen and oxygen atoms in total. The van der Waals surface area contributed by atoms with Crippen molar-refractivity contribution in [1.29, 1.82) is 0 Å². The number of carbonyl (C=O) groups is 1. The molecule has 2 rings (SSSR count). The second kappa shape index (κ2) is 8.94. The highest BCUT2D eigenvalue weighted by Crippen LogP contribution is 2.30. The van der Waals surface area contributed by atoms with E-state index in [2.05, 4.69) is 32.2 Å². The van der Waals surface area contributed by atoms with Crippen LogP contribution in [0.25, 0.3) is 0 Å². The maximum absolute atomic E-state index is 12.3. The fraction of sp³-hybridized carbons (Fsp3) is 0.435. The Bertz CT molecular complexity index is 777. The Hall–Kier alpha value is -2.49. The average molecular weight is 370 g/mol. The lowest BCUT2D eigenvalue weighted by Gasteiger charge is -2.23. The number of carbonyl (C=O) groups excluding carboxylic acids is 1. The first kappa shape index (κ1) is 20.8. The first-order chi connectivity index (χ1) is 12.7. The molecule has 0 saturated heterocycles. The third-order valence-electron chi connectivity index (χ3n) is 4.36. The Morgan fingerprint density at radius 1 is 1.07 bits per heavy atom. The lowest BCUT2D eigenvalue weighted by molar-refractivity contribution is -0.127. The molecule has 0 aromatic heterocycles. The van der Waals surface area contributed by atoms with Gasteiger partial charge in [0.15, 0.2) is 6.10 Å². The highest BCUT2D eigenvalue weighted by Gasteiger charge is 2.19. The van der Waals surface area contributed by atoms with Crippen LogP contribution in [0, 0.1) is 13.8 Å². The van der Waals surface area contributed by atoms with Crippen molar-refractivity contribution < 1.29 is 14.3 Å². The minimum absolute atomic E-state index is 0.00803. The number of nitrogens with one attached hydrogen (secondary N) is 1. The number of amides is 1. The standard InChI is InChI=1S/C23H31NO3/c1-16-11-12-20(17(2)15-16)27-18(3)22(25)24-13-14-26-21-10-8-7-9-19(21)23(4,5)6/h7-12,15,18H,13-14H2,1-6H3,(H,24,25)/t18-/m0/s1. The minimum Gasteiger partial charge on any atom is -0.491 e. The smallest absolute Gasteiger partial charge is 0.260 e. The molecular formula is C23H31NO3. The molecule has 1 atom stereocenters. The van der Waals surface area contributed by atoms with Crippen molar-refractivity contribution in [2.75, 3.05) is 13.2 Å². The van der Waals surface area contributed by atoms with Crippen LogP contribution in [0.2, 0.25) is 0 Å². The molecule has 0 fully saturated rings. The fourth-order valence-corrected chi connectivity index (χ4v) is 2.87. The second-order valence-corrected chi connectivity index (χ2v) is 7.91. The van der Waals surface area contributed by atoms with Gasteiger partial charge in [0.2, 0.25) is 0 Å². The predicted molar refractivity (Wildman–Crippen MR) is 110 cm³/mol. The topological polar surface area (TPSA) is 47.6 Å². The summed E-state index contributed by atoms with van der Waals surface area (Å²) in [4.78, 5) is 12.3. The molecule has 0 radical (unpaired) electrons. The number of hydrogen-bond donors (Lipinski definition) is 1. The summed E-state index contributed by atoms with van der Waals surface area (Å²) in [5, 5.41) is 2.87. The second-order valence-electron chi connectivity index (χ2n) is 7.91. The Balaban J connectivity index is 1.83. The molecule has 0 bridgehead atoms. The first-order valence-corrected chi connectivity index (χ1v) is 9.42. The molecule has 27 heavy (non-hydrogen) atoms. The van der Waals surface area contributed by atoms with Gasteiger partial charge in [0.05, 0.1) is 6.54 Å². The molecule has 0 aliphatic carbocycles. The van der Waals surface area contributed by atoms with E-state index in [-0.39, 0.29) is 11.3 Å². The van der Waals surface area contributed by atoms with Crippen LogP contribution in [0.1, 0.15) is 44.4 Å². The Labute approximate surface area is 162 Å². The summed E-state index contributed by atoms with van der Waals surface area (Å²) in [5.41, 5.74) is 3.36. The normalized spacial score (nSPS) is 12.4. The zero-order valence-electron chi connectivity index (χ0n) is 17.3. The van der Waals surface area contributed by atoms with Crippen LogP contribution in [0.3, 0.4) is 0 Å². The van der Waals surface area contributed by atoms with Gasteiger partial charge in [-0.25, -0.2) is 0 Å². The molecule has 146 valence electrons. The van der Waals surface area contributed by atoms with Gasteiger partial charge < -0.3 is 14.8 Å². The molecular weight excluding hydrogens is 338 g/mol. The maximum atomic E-state index is 12.3. The summed E-state index contributed by atoms with van der Waals surface area (Å²) in [7, 11) is 0. The average Bonchev–Trinajstić information content (AvgIpc) is 2.60. The SMILES string of the molecule is Cc1ccc(O[C@@H](C)C(=O)NCCOc2ccccc2C(C)(C)C)c(C)c1. The van der Waals surface area contributed by atoms with Crippen molar-refractivity contribution in [1.82, 2.24) is 5.32 Å².